The summed E-state index contributed by atoms with van der Waals surface area (Å²) in [5.74, 6) is -0.355. The Kier molecular flexibility index (Phi) is 12.7. The lowest BCUT2D eigenvalue weighted by molar-refractivity contribution is -0.140. The topological polar surface area (TPSA) is 96.0 Å². The van der Waals surface area contributed by atoms with Crippen LogP contribution in [0.15, 0.2) is 112 Å². The summed E-state index contributed by atoms with van der Waals surface area (Å²) in [4.78, 5) is 29.8. The van der Waals surface area contributed by atoms with Crippen molar-refractivity contribution < 1.29 is 22.7 Å². The number of unbranched alkanes of at least 4 members (excludes halogenated alkanes) is 1. The fourth-order valence-corrected chi connectivity index (χ4v) is 6.66. The van der Waals surface area contributed by atoms with E-state index in [-0.39, 0.29) is 29.5 Å². The normalized spacial score (nSPS) is 11.8. The van der Waals surface area contributed by atoms with Crippen LogP contribution in [0.2, 0.25) is 5.02 Å². The number of halogens is 2. The highest BCUT2D eigenvalue weighted by molar-refractivity contribution is 9.10. The van der Waals surface area contributed by atoms with Crippen molar-refractivity contribution >= 4 is 55.1 Å². The molecule has 0 saturated heterocycles. The number of nitrogens with one attached hydrogen (secondary N) is 1. The minimum Gasteiger partial charge on any atom is -0.497 e. The van der Waals surface area contributed by atoms with Gasteiger partial charge in [0.1, 0.15) is 18.3 Å². The lowest BCUT2D eigenvalue weighted by Gasteiger charge is -2.34. The van der Waals surface area contributed by atoms with Crippen molar-refractivity contribution in [1.82, 2.24) is 10.2 Å². The van der Waals surface area contributed by atoms with Crippen molar-refractivity contribution in [3.05, 3.63) is 124 Å². The predicted octanol–water partition coefficient (Wildman–Crippen LogP) is 6.86. The third kappa shape index (κ3) is 9.34. The van der Waals surface area contributed by atoms with Crippen molar-refractivity contribution in [2.24, 2.45) is 0 Å². The molecule has 0 spiro atoms. The molecule has 8 nitrogen and oxygen atoms in total. The van der Waals surface area contributed by atoms with Gasteiger partial charge in [-0.05, 0) is 78.2 Å². The van der Waals surface area contributed by atoms with Crippen LogP contribution < -0.4 is 14.4 Å². The molecule has 4 aromatic rings. The van der Waals surface area contributed by atoms with E-state index in [0.717, 1.165) is 32.7 Å². The van der Waals surface area contributed by atoms with Gasteiger partial charge in [-0.25, -0.2) is 8.42 Å². The Morgan fingerprint density at radius 1 is 0.891 bits per heavy atom. The van der Waals surface area contributed by atoms with Crippen LogP contribution in [0.3, 0.4) is 0 Å². The molecule has 0 aliphatic rings. The van der Waals surface area contributed by atoms with E-state index >= 15 is 0 Å². The van der Waals surface area contributed by atoms with Crippen LogP contribution in [0, 0.1) is 0 Å². The van der Waals surface area contributed by atoms with Gasteiger partial charge in [-0.3, -0.25) is 13.9 Å². The summed E-state index contributed by atoms with van der Waals surface area (Å²) in [6, 6.07) is 28.2. The molecule has 0 radical (unpaired) electrons. The van der Waals surface area contributed by atoms with Crippen LogP contribution >= 0.6 is 27.5 Å². The highest BCUT2D eigenvalue weighted by Gasteiger charge is 2.34. The van der Waals surface area contributed by atoms with E-state index in [1.165, 1.54) is 24.1 Å². The average Bonchev–Trinajstić information content (AvgIpc) is 3.07. The number of ether oxygens (including phenoxy) is 1. The highest BCUT2D eigenvalue weighted by atomic mass is 79.9. The van der Waals surface area contributed by atoms with Gasteiger partial charge in [0, 0.05) is 29.0 Å². The smallest absolute Gasteiger partial charge is 0.264 e. The largest absolute Gasteiger partial charge is 0.497 e. The van der Waals surface area contributed by atoms with Crippen molar-refractivity contribution in [3.63, 3.8) is 0 Å². The molecule has 1 atom stereocenters. The zero-order valence-electron chi connectivity index (χ0n) is 25.7. The summed E-state index contributed by atoms with van der Waals surface area (Å²) in [6.07, 6.45) is 1.92. The van der Waals surface area contributed by atoms with E-state index in [2.05, 4.69) is 21.2 Å². The van der Waals surface area contributed by atoms with E-state index in [9.17, 15) is 18.0 Å². The van der Waals surface area contributed by atoms with Crippen LogP contribution in [0.1, 0.15) is 30.9 Å². The van der Waals surface area contributed by atoms with Gasteiger partial charge in [0.15, 0.2) is 0 Å². The zero-order valence-corrected chi connectivity index (χ0v) is 28.9. The molecule has 242 valence electrons. The monoisotopic (exact) mass is 725 g/mol. The maximum Gasteiger partial charge on any atom is 0.264 e. The number of carbonyl (C=O) groups is 2. The quantitative estimate of drug-likeness (QED) is 0.135. The van der Waals surface area contributed by atoms with Crippen LogP contribution in [0.4, 0.5) is 5.69 Å². The number of benzene rings is 4. The summed E-state index contributed by atoms with van der Waals surface area (Å²) >= 11 is 9.59. The first-order valence-corrected chi connectivity index (χ1v) is 17.5. The molecule has 0 bridgehead atoms. The van der Waals surface area contributed by atoms with E-state index in [1.54, 1.807) is 36.4 Å². The van der Waals surface area contributed by atoms with Crippen molar-refractivity contribution in [2.45, 2.75) is 43.7 Å². The standard InChI is InChI=1S/C35H37BrClN3O5S/c1-3-4-22-38-35(42)33(23-26-8-6-5-7-9-26)39(24-27-10-12-28(36)13-11-27)34(41)25-40(30-16-14-29(37)15-17-30)46(43,44)32-20-18-31(45-2)19-21-32/h5-21,33H,3-4,22-25H2,1-2H3,(H,38,42)/t33-/m0/s1. The molecule has 0 aliphatic carbocycles. The molecule has 0 aromatic heterocycles. The number of sulfonamides is 1. The summed E-state index contributed by atoms with van der Waals surface area (Å²) in [7, 11) is -2.75. The number of anilines is 1. The van der Waals surface area contributed by atoms with Crippen molar-refractivity contribution in [2.75, 3.05) is 24.5 Å². The predicted molar refractivity (Wildman–Crippen MR) is 186 cm³/mol. The summed E-state index contributed by atoms with van der Waals surface area (Å²) < 4.78 is 35.4. The molecule has 4 rings (SSSR count). The first kappa shape index (κ1) is 35.0. The first-order valence-electron chi connectivity index (χ1n) is 14.9. The number of nitrogens with zero attached hydrogens (tertiary/aromatic N) is 2. The fraction of sp³-hybridized carbons (Fsp3) is 0.257. The van der Waals surface area contributed by atoms with Crippen LogP contribution in [0.25, 0.3) is 0 Å². The Labute approximate surface area is 284 Å². The van der Waals surface area contributed by atoms with Gasteiger partial charge in [0.05, 0.1) is 17.7 Å². The molecular formula is C35H37BrClN3O5S. The second kappa shape index (κ2) is 16.6. The Morgan fingerprint density at radius 3 is 2.15 bits per heavy atom. The first-order chi connectivity index (χ1) is 22.1. The lowest BCUT2D eigenvalue weighted by atomic mass is 10.0. The second-order valence-electron chi connectivity index (χ2n) is 10.7. The highest BCUT2D eigenvalue weighted by Crippen LogP contribution is 2.27. The van der Waals surface area contributed by atoms with E-state index in [4.69, 9.17) is 16.3 Å². The maximum atomic E-state index is 14.5. The summed E-state index contributed by atoms with van der Waals surface area (Å²) in [6.45, 7) is 2.02. The van der Waals surface area contributed by atoms with Crippen LogP contribution in [-0.2, 0) is 32.6 Å². The Balaban J connectivity index is 1.78. The minimum absolute atomic E-state index is 0.0198. The maximum absolute atomic E-state index is 14.5. The van der Waals surface area contributed by atoms with Gasteiger partial charge in [-0.15, -0.1) is 0 Å². The molecule has 0 unspecified atom stereocenters. The van der Waals surface area contributed by atoms with Crippen molar-refractivity contribution in [3.8, 4) is 5.75 Å². The molecule has 4 aromatic carbocycles. The Morgan fingerprint density at radius 2 is 1.54 bits per heavy atom. The lowest BCUT2D eigenvalue weighted by Crippen LogP contribution is -2.53. The number of carbonyl (C=O) groups excluding carboxylic acids is 2. The van der Waals surface area contributed by atoms with Gasteiger partial charge in [-0.2, -0.15) is 0 Å². The number of methoxy groups -OCH3 is 1. The second-order valence-corrected chi connectivity index (χ2v) is 13.9. The molecule has 0 fully saturated rings. The molecule has 46 heavy (non-hydrogen) atoms. The van der Waals surface area contributed by atoms with E-state index in [1.807, 2.05) is 61.5 Å². The fourth-order valence-electron chi connectivity index (χ4n) is 4.86. The van der Waals surface area contributed by atoms with Gasteiger partial charge in [0.25, 0.3) is 10.0 Å². The third-order valence-electron chi connectivity index (χ3n) is 7.41. The van der Waals surface area contributed by atoms with Gasteiger partial charge in [0.2, 0.25) is 11.8 Å². The summed E-state index contributed by atoms with van der Waals surface area (Å²) in [5.41, 5.74) is 1.91. The molecule has 11 heteroatoms. The number of hydrogen-bond acceptors (Lipinski definition) is 5. The Hall–Kier alpha value is -3.86. The van der Waals surface area contributed by atoms with Gasteiger partial charge in [-0.1, -0.05) is 83.3 Å². The molecule has 0 heterocycles. The number of rotatable bonds is 15. The summed E-state index contributed by atoms with van der Waals surface area (Å²) in [5, 5.41) is 3.41. The Bertz CT molecular complexity index is 1690. The van der Waals surface area contributed by atoms with Crippen LogP contribution in [-0.4, -0.2) is 51.4 Å². The molecular weight excluding hydrogens is 690 g/mol. The van der Waals surface area contributed by atoms with Crippen LogP contribution in [0.5, 0.6) is 5.75 Å². The average molecular weight is 727 g/mol. The van der Waals surface area contributed by atoms with E-state index < -0.39 is 28.5 Å². The van der Waals surface area contributed by atoms with Gasteiger partial charge < -0.3 is 15.0 Å². The molecule has 2 amide bonds. The SMILES string of the molecule is CCCCNC(=O)[C@H](Cc1ccccc1)N(Cc1ccc(Br)cc1)C(=O)CN(c1ccc(Cl)cc1)S(=O)(=O)c1ccc(OC)cc1. The minimum atomic E-state index is -4.24. The number of amides is 2. The van der Waals surface area contributed by atoms with E-state index in [0.29, 0.717) is 17.3 Å². The molecule has 0 aliphatic heterocycles. The van der Waals surface area contributed by atoms with Gasteiger partial charge >= 0.3 is 0 Å². The number of hydrogen-bond donors (Lipinski definition) is 1. The van der Waals surface area contributed by atoms with Crippen molar-refractivity contribution in [1.29, 1.82) is 0 Å². The molecule has 1 N–H and O–H groups in total. The molecule has 0 saturated carbocycles. The third-order valence-corrected chi connectivity index (χ3v) is 9.98. The zero-order chi connectivity index (χ0) is 33.1.